The van der Waals surface area contributed by atoms with E-state index in [0.29, 0.717) is 5.57 Å². The fourth-order valence-electron chi connectivity index (χ4n) is 0.789. The SMILES string of the molecule is CC(=O)/C(C#N)=C(C)/C=C/N(C)C. The molecule has 0 aliphatic heterocycles. The average Bonchev–Trinajstić information content (AvgIpc) is 2.01. The van der Waals surface area contributed by atoms with Crippen molar-refractivity contribution in [1.29, 1.82) is 5.26 Å². The van der Waals surface area contributed by atoms with E-state index in [1.165, 1.54) is 6.92 Å². The monoisotopic (exact) mass is 178 g/mol. The maximum Gasteiger partial charge on any atom is 0.170 e. The summed E-state index contributed by atoms with van der Waals surface area (Å²) in [7, 11) is 3.76. The van der Waals surface area contributed by atoms with Crippen molar-refractivity contribution in [1.82, 2.24) is 4.90 Å². The molecule has 0 unspecified atom stereocenters. The van der Waals surface area contributed by atoms with Crippen LogP contribution in [0.1, 0.15) is 13.8 Å². The van der Waals surface area contributed by atoms with Crippen LogP contribution in [0.5, 0.6) is 0 Å². The Balaban J connectivity index is 4.80. The first-order valence-corrected chi connectivity index (χ1v) is 3.95. The highest BCUT2D eigenvalue weighted by molar-refractivity contribution is 5.98. The van der Waals surface area contributed by atoms with Crippen LogP contribution in [0.3, 0.4) is 0 Å². The molecule has 0 saturated heterocycles. The van der Waals surface area contributed by atoms with E-state index in [2.05, 4.69) is 0 Å². The molecule has 0 bridgehead atoms. The Bertz CT molecular complexity index is 293. The van der Waals surface area contributed by atoms with Crippen LogP contribution in [-0.2, 0) is 4.79 Å². The molecule has 0 fully saturated rings. The van der Waals surface area contributed by atoms with Crippen LogP contribution >= 0.6 is 0 Å². The molecule has 0 spiro atoms. The number of nitriles is 1. The van der Waals surface area contributed by atoms with E-state index in [-0.39, 0.29) is 11.4 Å². The molecule has 0 aliphatic carbocycles. The lowest BCUT2D eigenvalue weighted by atomic mass is 10.1. The number of Topliss-reactive ketones (excluding diaryl/α,β-unsaturated/α-hetero) is 1. The normalized spacial score (nSPS) is 12.2. The molecule has 3 nitrogen and oxygen atoms in total. The van der Waals surface area contributed by atoms with Gasteiger partial charge in [0.05, 0.1) is 5.57 Å². The van der Waals surface area contributed by atoms with E-state index in [0.717, 1.165) is 0 Å². The number of rotatable bonds is 3. The van der Waals surface area contributed by atoms with Gasteiger partial charge >= 0.3 is 0 Å². The van der Waals surface area contributed by atoms with Crippen molar-refractivity contribution < 1.29 is 4.79 Å². The maximum atomic E-state index is 10.9. The van der Waals surface area contributed by atoms with Crippen molar-refractivity contribution in [3.63, 3.8) is 0 Å². The third kappa shape index (κ3) is 4.12. The minimum Gasteiger partial charge on any atom is -0.383 e. The average molecular weight is 178 g/mol. The molecule has 0 radical (unpaired) electrons. The van der Waals surface area contributed by atoms with Crippen molar-refractivity contribution in [2.24, 2.45) is 0 Å². The van der Waals surface area contributed by atoms with Crippen LogP contribution < -0.4 is 0 Å². The van der Waals surface area contributed by atoms with E-state index in [1.54, 1.807) is 19.2 Å². The number of carbonyl (C=O) groups excluding carboxylic acids is 1. The van der Waals surface area contributed by atoms with Crippen molar-refractivity contribution >= 4 is 5.78 Å². The fraction of sp³-hybridized carbons (Fsp3) is 0.400. The molecular weight excluding hydrogens is 164 g/mol. The Labute approximate surface area is 79.0 Å². The number of allylic oxidation sites excluding steroid dienone is 3. The lowest BCUT2D eigenvalue weighted by Crippen LogP contribution is -2.01. The highest BCUT2D eigenvalue weighted by Crippen LogP contribution is 2.05. The zero-order chi connectivity index (χ0) is 10.4. The highest BCUT2D eigenvalue weighted by Gasteiger charge is 2.04. The fourth-order valence-corrected chi connectivity index (χ4v) is 0.789. The Morgan fingerprint density at radius 1 is 1.38 bits per heavy atom. The first-order valence-electron chi connectivity index (χ1n) is 3.95. The van der Waals surface area contributed by atoms with Crippen LogP contribution in [0.2, 0.25) is 0 Å². The summed E-state index contributed by atoms with van der Waals surface area (Å²) in [5.41, 5.74) is 0.918. The Morgan fingerprint density at radius 2 is 1.92 bits per heavy atom. The second-order valence-electron chi connectivity index (χ2n) is 3.01. The Morgan fingerprint density at radius 3 is 2.23 bits per heavy atom. The smallest absolute Gasteiger partial charge is 0.170 e. The molecule has 0 aromatic heterocycles. The summed E-state index contributed by atoms with van der Waals surface area (Å²) in [5.74, 6) is -0.191. The van der Waals surface area contributed by atoms with Crippen molar-refractivity contribution in [3.05, 3.63) is 23.4 Å². The molecule has 3 heteroatoms. The second kappa shape index (κ2) is 5.15. The quantitative estimate of drug-likeness (QED) is 0.373. The van der Waals surface area contributed by atoms with E-state index in [1.807, 2.05) is 25.1 Å². The zero-order valence-corrected chi connectivity index (χ0v) is 8.46. The molecule has 0 atom stereocenters. The van der Waals surface area contributed by atoms with E-state index in [4.69, 9.17) is 5.26 Å². The molecule has 13 heavy (non-hydrogen) atoms. The van der Waals surface area contributed by atoms with Gasteiger partial charge in [-0.1, -0.05) is 0 Å². The number of ketones is 1. The van der Waals surface area contributed by atoms with Gasteiger partial charge in [-0.05, 0) is 31.7 Å². The van der Waals surface area contributed by atoms with Gasteiger partial charge in [-0.25, -0.2) is 0 Å². The van der Waals surface area contributed by atoms with Gasteiger partial charge in [0.1, 0.15) is 6.07 Å². The number of hydrogen-bond acceptors (Lipinski definition) is 3. The van der Waals surface area contributed by atoms with Crippen LogP contribution in [-0.4, -0.2) is 24.8 Å². The summed E-state index contributed by atoms with van der Waals surface area (Å²) >= 11 is 0. The third-order valence-corrected chi connectivity index (χ3v) is 1.48. The minimum absolute atomic E-state index is 0.191. The number of hydrogen-bond donors (Lipinski definition) is 0. The summed E-state index contributed by atoms with van der Waals surface area (Å²) < 4.78 is 0. The van der Waals surface area contributed by atoms with E-state index in [9.17, 15) is 4.79 Å². The Hall–Kier alpha value is -1.56. The van der Waals surface area contributed by atoms with Crippen molar-refractivity contribution in [2.45, 2.75) is 13.8 Å². The lowest BCUT2D eigenvalue weighted by Gasteiger charge is -2.03. The van der Waals surface area contributed by atoms with Gasteiger partial charge in [-0.3, -0.25) is 4.79 Å². The van der Waals surface area contributed by atoms with Gasteiger partial charge in [-0.15, -0.1) is 0 Å². The van der Waals surface area contributed by atoms with E-state index >= 15 is 0 Å². The largest absolute Gasteiger partial charge is 0.383 e. The highest BCUT2D eigenvalue weighted by atomic mass is 16.1. The van der Waals surface area contributed by atoms with Crippen LogP contribution in [0.25, 0.3) is 0 Å². The summed E-state index contributed by atoms with van der Waals surface area (Å²) in [6.07, 6.45) is 3.55. The summed E-state index contributed by atoms with van der Waals surface area (Å²) in [6.45, 7) is 3.14. The predicted octanol–water partition coefficient (Wildman–Crippen LogP) is 1.49. The van der Waals surface area contributed by atoms with Gasteiger partial charge in [-0.2, -0.15) is 5.26 Å². The van der Waals surface area contributed by atoms with Gasteiger partial charge in [0.2, 0.25) is 0 Å². The van der Waals surface area contributed by atoms with Crippen molar-refractivity contribution in [2.75, 3.05) is 14.1 Å². The minimum atomic E-state index is -0.191. The van der Waals surface area contributed by atoms with Gasteiger partial charge in [0.15, 0.2) is 5.78 Å². The second-order valence-corrected chi connectivity index (χ2v) is 3.01. The van der Waals surface area contributed by atoms with Crippen LogP contribution in [0.4, 0.5) is 0 Å². The molecule has 0 aromatic rings. The van der Waals surface area contributed by atoms with Crippen LogP contribution in [0.15, 0.2) is 23.4 Å². The van der Waals surface area contributed by atoms with E-state index < -0.39 is 0 Å². The zero-order valence-electron chi connectivity index (χ0n) is 8.46. The molecule has 0 N–H and O–H groups in total. The molecule has 0 aliphatic rings. The molecule has 0 rings (SSSR count). The summed E-state index contributed by atoms with van der Waals surface area (Å²) in [6, 6.07) is 1.89. The summed E-state index contributed by atoms with van der Waals surface area (Å²) in [4.78, 5) is 12.8. The first-order chi connectivity index (χ1) is 5.99. The number of nitrogens with zero attached hydrogens (tertiary/aromatic N) is 2. The summed E-state index contributed by atoms with van der Waals surface area (Å²) in [5, 5.41) is 8.66. The van der Waals surface area contributed by atoms with Crippen LogP contribution in [0, 0.1) is 11.3 Å². The third-order valence-electron chi connectivity index (χ3n) is 1.48. The Kier molecular flexibility index (Phi) is 4.53. The topological polar surface area (TPSA) is 44.1 Å². The van der Waals surface area contributed by atoms with Crippen molar-refractivity contribution in [3.8, 4) is 6.07 Å². The predicted molar refractivity (Wildman–Crippen MR) is 51.8 cm³/mol. The maximum absolute atomic E-state index is 10.9. The first kappa shape index (κ1) is 11.4. The number of carbonyl (C=O) groups is 1. The molecule has 0 heterocycles. The standard InChI is InChI=1S/C10H14N2O/c1-8(5-6-12(3)4)10(7-11)9(2)13/h5-6H,1-4H3/b6-5+,10-8+. The molecule has 0 amide bonds. The molecular formula is C10H14N2O. The molecule has 70 valence electrons. The molecule has 0 saturated carbocycles. The van der Waals surface area contributed by atoms with Gasteiger partial charge in [0, 0.05) is 14.1 Å². The lowest BCUT2D eigenvalue weighted by molar-refractivity contribution is -0.113. The van der Waals surface area contributed by atoms with Gasteiger partial charge in [0.25, 0.3) is 0 Å². The van der Waals surface area contributed by atoms with Gasteiger partial charge < -0.3 is 4.90 Å². The molecule has 0 aromatic carbocycles.